The van der Waals surface area contributed by atoms with E-state index in [1.807, 2.05) is 17.8 Å². The van der Waals surface area contributed by atoms with Crippen molar-refractivity contribution in [2.75, 3.05) is 0 Å². The van der Waals surface area contributed by atoms with Crippen LogP contribution >= 0.6 is 0 Å². The highest BCUT2D eigenvalue weighted by Crippen LogP contribution is 2.38. The van der Waals surface area contributed by atoms with Gasteiger partial charge in [-0.3, -0.25) is 4.68 Å². The average molecular weight is 275 g/mol. The monoisotopic (exact) mass is 275 g/mol. The van der Waals surface area contributed by atoms with Crippen molar-refractivity contribution >= 4 is 0 Å². The normalized spacial score (nSPS) is 18.1. The molecule has 0 radical (unpaired) electrons. The maximum absolute atomic E-state index is 5.64. The molecule has 6 heteroatoms. The zero-order valence-electron chi connectivity index (χ0n) is 12.2. The quantitative estimate of drug-likeness (QED) is 0.875. The summed E-state index contributed by atoms with van der Waals surface area (Å²) in [6.45, 7) is 6.94. The van der Waals surface area contributed by atoms with Crippen molar-refractivity contribution in [1.82, 2.24) is 25.3 Å². The minimum atomic E-state index is 0.269. The van der Waals surface area contributed by atoms with Gasteiger partial charge in [0, 0.05) is 18.2 Å². The third-order valence-corrected chi connectivity index (χ3v) is 3.86. The number of aromatic nitrogens is 4. The lowest BCUT2D eigenvalue weighted by atomic mass is 10.2. The highest BCUT2D eigenvalue weighted by Gasteiger charge is 2.29. The predicted octanol–water partition coefficient (Wildman–Crippen LogP) is 2.19. The molecule has 0 spiro atoms. The highest BCUT2D eigenvalue weighted by atomic mass is 16.4. The molecule has 0 amide bonds. The molecule has 0 unspecified atom stereocenters. The molecule has 3 rings (SSSR count). The van der Waals surface area contributed by atoms with Crippen molar-refractivity contribution in [2.24, 2.45) is 0 Å². The lowest BCUT2D eigenvalue weighted by molar-refractivity contribution is 0.344. The van der Waals surface area contributed by atoms with Gasteiger partial charge < -0.3 is 9.73 Å². The van der Waals surface area contributed by atoms with E-state index in [9.17, 15) is 0 Å². The van der Waals surface area contributed by atoms with Gasteiger partial charge in [-0.25, -0.2) is 0 Å². The van der Waals surface area contributed by atoms with Crippen molar-refractivity contribution in [1.29, 1.82) is 0 Å². The second-order valence-electron chi connectivity index (χ2n) is 5.72. The molecule has 108 valence electrons. The van der Waals surface area contributed by atoms with Gasteiger partial charge in [0.25, 0.3) is 0 Å². The van der Waals surface area contributed by atoms with E-state index >= 15 is 0 Å². The van der Waals surface area contributed by atoms with Gasteiger partial charge in [-0.1, -0.05) is 0 Å². The standard InChI is InChI=1S/C14H21N5O/c1-9-6-16-19(8-9)11(3)10(2)15-7-13-17-18-14(20-13)12-4-5-12/h6,8,10-12,15H,4-5,7H2,1-3H3/t10-,11+/m1/s1. The summed E-state index contributed by atoms with van der Waals surface area (Å²) in [5.41, 5.74) is 1.18. The second-order valence-corrected chi connectivity index (χ2v) is 5.72. The van der Waals surface area contributed by atoms with Crippen LogP contribution in [0, 0.1) is 6.92 Å². The Morgan fingerprint density at radius 1 is 1.40 bits per heavy atom. The molecule has 2 heterocycles. The Balaban J connectivity index is 1.53. The SMILES string of the molecule is Cc1cnn([C@@H](C)[C@@H](C)NCc2nnc(C3CC3)o2)c1. The van der Waals surface area contributed by atoms with Crippen LogP contribution in [0.5, 0.6) is 0 Å². The van der Waals surface area contributed by atoms with E-state index < -0.39 is 0 Å². The van der Waals surface area contributed by atoms with Gasteiger partial charge in [0.1, 0.15) is 0 Å². The van der Waals surface area contributed by atoms with Crippen molar-refractivity contribution in [3.05, 3.63) is 29.7 Å². The Hall–Kier alpha value is -1.69. The Morgan fingerprint density at radius 2 is 2.20 bits per heavy atom. The number of rotatable bonds is 6. The molecule has 0 aliphatic heterocycles. The molecule has 1 N–H and O–H groups in total. The number of hydrogen-bond donors (Lipinski definition) is 1. The van der Waals surface area contributed by atoms with Gasteiger partial charge in [0.05, 0.1) is 18.8 Å². The maximum atomic E-state index is 5.64. The van der Waals surface area contributed by atoms with Crippen molar-refractivity contribution in [3.63, 3.8) is 0 Å². The molecule has 6 nitrogen and oxygen atoms in total. The van der Waals surface area contributed by atoms with Gasteiger partial charge >= 0.3 is 0 Å². The molecule has 20 heavy (non-hydrogen) atoms. The topological polar surface area (TPSA) is 68.8 Å². The van der Waals surface area contributed by atoms with Crippen LogP contribution in [0.4, 0.5) is 0 Å². The van der Waals surface area contributed by atoms with E-state index in [-0.39, 0.29) is 12.1 Å². The first kappa shape index (κ1) is 13.3. The summed E-state index contributed by atoms with van der Waals surface area (Å²) in [6.07, 6.45) is 6.30. The van der Waals surface area contributed by atoms with E-state index in [1.165, 1.54) is 18.4 Å². The fourth-order valence-corrected chi connectivity index (χ4v) is 2.14. The first-order valence-electron chi connectivity index (χ1n) is 7.20. The van der Waals surface area contributed by atoms with E-state index in [0.29, 0.717) is 18.4 Å². The molecule has 0 saturated heterocycles. The van der Waals surface area contributed by atoms with Gasteiger partial charge in [-0.05, 0) is 39.2 Å². The minimum absolute atomic E-state index is 0.269. The van der Waals surface area contributed by atoms with E-state index in [0.717, 1.165) is 5.89 Å². The molecule has 0 bridgehead atoms. The van der Waals surface area contributed by atoms with Crippen LogP contribution in [0.3, 0.4) is 0 Å². The lowest BCUT2D eigenvalue weighted by Gasteiger charge is -2.21. The van der Waals surface area contributed by atoms with Crippen LogP contribution in [-0.2, 0) is 6.54 Å². The first-order chi connectivity index (χ1) is 9.63. The first-order valence-corrected chi connectivity index (χ1v) is 7.20. The van der Waals surface area contributed by atoms with Crippen LogP contribution in [0.15, 0.2) is 16.8 Å². The molecule has 2 aromatic heterocycles. The Bertz CT molecular complexity index is 572. The average Bonchev–Trinajstić information content (AvgIpc) is 3.03. The molecule has 1 saturated carbocycles. The van der Waals surface area contributed by atoms with Crippen LogP contribution in [0.1, 0.15) is 56.0 Å². The molecule has 1 aliphatic rings. The molecule has 1 fully saturated rings. The van der Waals surface area contributed by atoms with E-state index in [4.69, 9.17) is 4.42 Å². The van der Waals surface area contributed by atoms with Gasteiger partial charge in [0.2, 0.25) is 11.8 Å². The predicted molar refractivity (Wildman–Crippen MR) is 74.2 cm³/mol. The molecule has 1 aliphatic carbocycles. The summed E-state index contributed by atoms with van der Waals surface area (Å²) in [5, 5.41) is 15.9. The number of nitrogens with one attached hydrogen (secondary N) is 1. The van der Waals surface area contributed by atoms with Crippen molar-refractivity contribution in [2.45, 2.75) is 58.2 Å². The van der Waals surface area contributed by atoms with Crippen molar-refractivity contribution in [3.8, 4) is 0 Å². The fourth-order valence-electron chi connectivity index (χ4n) is 2.14. The van der Waals surface area contributed by atoms with Crippen molar-refractivity contribution < 1.29 is 4.42 Å². The Kier molecular flexibility index (Phi) is 3.56. The van der Waals surface area contributed by atoms with Crippen LogP contribution < -0.4 is 5.32 Å². The Morgan fingerprint density at radius 3 is 2.85 bits per heavy atom. The number of hydrogen-bond acceptors (Lipinski definition) is 5. The van der Waals surface area contributed by atoms with E-state index in [2.05, 4.69) is 40.7 Å². The van der Waals surface area contributed by atoms with Crippen LogP contribution in [-0.4, -0.2) is 26.0 Å². The maximum Gasteiger partial charge on any atom is 0.230 e. The summed E-state index contributed by atoms with van der Waals surface area (Å²) in [5.74, 6) is 1.98. The van der Waals surface area contributed by atoms with Crippen LogP contribution in [0.25, 0.3) is 0 Å². The second kappa shape index (κ2) is 5.36. The molecular weight excluding hydrogens is 254 g/mol. The number of aryl methyl sites for hydroxylation is 1. The van der Waals surface area contributed by atoms with Crippen LogP contribution in [0.2, 0.25) is 0 Å². The van der Waals surface area contributed by atoms with Gasteiger partial charge in [-0.2, -0.15) is 5.10 Å². The minimum Gasteiger partial charge on any atom is -0.424 e. The fraction of sp³-hybridized carbons (Fsp3) is 0.643. The molecule has 2 aromatic rings. The largest absolute Gasteiger partial charge is 0.424 e. The van der Waals surface area contributed by atoms with E-state index in [1.54, 1.807) is 0 Å². The summed E-state index contributed by atoms with van der Waals surface area (Å²) in [7, 11) is 0. The third kappa shape index (κ3) is 2.90. The molecule has 2 atom stereocenters. The van der Waals surface area contributed by atoms with Gasteiger partial charge in [-0.15, -0.1) is 10.2 Å². The highest BCUT2D eigenvalue weighted by molar-refractivity contribution is 5.01. The smallest absolute Gasteiger partial charge is 0.230 e. The summed E-state index contributed by atoms with van der Waals surface area (Å²) < 4.78 is 7.62. The third-order valence-electron chi connectivity index (χ3n) is 3.86. The summed E-state index contributed by atoms with van der Waals surface area (Å²) >= 11 is 0. The number of nitrogens with zero attached hydrogens (tertiary/aromatic N) is 4. The molecule has 0 aromatic carbocycles. The summed E-state index contributed by atoms with van der Waals surface area (Å²) in [4.78, 5) is 0. The zero-order chi connectivity index (χ0) is 14.1. The molecular formula is C14H21N5O. The lowest BCUT2D eigenvalue weighted by Crippen LogP contribution is -2.33. The zero-order valence-corrected chi connectivity index (χ0v) is 12.2. The summed E-state index contributed by atoms with van der Waals surface area (Å²) in [6, 6.07) is 0.542. The van der Waals surface area contributed by atoms with Gasteiger partial charge in [0.15, 0.2) is 0 Å². The Labute approximate surface area is 118 Å².